The molecule has 0 aliphatic carbocycles. The Morgan fingerprint density at radius 3 is 2.56 bits per heavy atom. The molecule has 0 bridgehead atoms. The highest BCUT2D eigenvalue weighted by Gasteiger charge is 2.32. The van der Waals surface area contributed by atoms with Gasteiger partial charge in [-0.15, -0.1) is 12.6 Å². The molecule has 0 radical (unpaired) electrons. The molecule has 2 aromatic rings. The molecule has 0 aliphatic heterocycles. The van der Waals surface area contributed by atoms with E-state index >= 15 is 0 Å². The van der Waals surface area contributed by atoms with Crippen LogP contribution in [0, 0.1) is 0 Å². The molecule has 0 saturated carbocycles. The predicted molar refractivity (Wildman–Crippen MR) is 88.4 cm³/mol. The van der Waals surface area contributed by atoms with Gasteiger partial charge in [-0.3, -0.25) is 9.59 Å². The monoisotopic (exact) mass is 369 g/mol. The van der Waals surface area contributed by atoms with Crippen LogP contribution in [0.2, 0.25) is 0 Å². The average Bonchev–Trinajstić information content (AvgIpc) is 2.52. The Kier molecular flexibility index (Phi) is 5.68. The molecule has 2 N–H and O–H groups in total. The molecule has 5 nitrogen and oxygen atoms in total. The van der Waals surface area contributed by atoms with E-state index in [1.165, 1.54) is 37.4 Å². The number of carbonyl (C=O) groups is 2. The van der Waals surface area contributed by atoms with E-state index < -0.39 is 17.6 Å². The van der Waals surface area contributed by atoms with Crippen LogP contribution in [-0.4, -0.2) is 16.8 Å². The highest BCUT2D eigenvalue weighted by atomic mass is 32.1. The Balaban J connectivity index is 2.09. The van der Waals surface area contributed by atoms with Crippen molar-refractivity contribution in [1.29, 1.82) is 0 Å². The second-order valence-corrected chi connectivity index (χ2v) is 5.62. The molecule has 2 amide bonds. The molecule has 25 heavy (non-hydrogen) atoms. The number of hydrogen-bond acceptors (Lipinski definition) is 4. The summed E-state index contributed by atoms with van der Waals surface area (Å²) in [5.74, 6) is -0.631. The zero-order valence-corrected chi connectivity index (χ0v) is 13.9. The number of alkyl halides is 3. The quantitative estimate of drug-likeness (QED) is 0.725. The number of amides is 2. The smallest absolute Gasteiger partial charge is 0.348 e. The van der Waals surface area contributed by atoms with Gasteiger partial charge in [0, 0.05) is 30.1 Å². The summed E-state index contributed by atoms with van der Waals surface area (Å²) in [5, 5.41) is 4.96. The number of aromatic nitrogens is 1. The van der Waals surface area contributed by atoms with Crippen molar-refractivity contribution in [2.75, 3.05) is 5.32 Å². The zero-order chi connectivity index (χ0) is 18.6. The van der Waals surface area contributed by atoms with Gasteiger partial charge in [-0.1, -0.05) is 6.07 Å². The molecular formula is C16H14F3N3O2S. The van der Waals surface area contributed by atoms with Gasteiger partial charge in [-0.05, 0) is 29.8 Å². The third-order valence-corrected chi connectivity index (χ3v) is 3.54. The average molecular weight is 369 g/mol. The standard InChI is InChI=1S/C16H14F3N3O2S/c1-9(23)22-14-7-11(4-5-20-14)15(24)21-8-10-2-3-13(25)12(6-10)16(17,18)19/h2-7,25H,8H2,1H3,(H,21,24)(H,20,22,23). The van der Waals surface area contributed by atoms with Gasteiger partial charge >= 0.3 is 6.18 Å². The van der Waals surface area contributed by atoms with Crippen LogP contribution in [-0.2, 0) is 17.5 Å². The van der Waals surface area contributed by atoms with Gasteiger partial charge in [0.1, 0.15) is 5.82 Å². The normalized spacial score (nSPS) is 11.1. The fraction of sp³-hybridized carbons (Fsp3) is 0.188. The van der Waals surface area contributed by atoms with E-state index in [1.807, 2.05) is 0 Å². The first-order chi connectivity index (χ1) is 11.7. The molecule has 132 valence electrons. The van der Waals surface area contributed by atoms with E-state index in [0.717, 1.165) is 6.07 Å². The number of carbonyl (C=O) groups excluding carboxylic acids is 2. The Bertz CT molecular complexity index is 809. The molecule has 1 aromatic carbocycles. The third-order valence-electron chi connectivity index (χ3n) is 3.15. The van der Waals surface area contributed by atoms with Crippen LogP contribution in [0.1, 0.15) is 28.4 Å². The van der Waals surface area contributed by atoms with Gasteiger partial charge in [0.15, 0.2) is 0 Å². The van der Waals surface area contributed by atoms with Crippen molar-refractivity contribution in [3.05, 3.63) is 53.2 Å². The number of rotatable bonds is 4. The maximum absolute atomic E-state index is 12.9. The Hall–Kier alpha value is -2.55. The number of nitrogens with zero attached hydrogens (tertiary/aromatic N) is 1. The van der Waals surface area contributed by atoms with Gasteiger partial charge in [-0.25, -0.2) is 4.98 Å². The summed E-state index contributed by atoms with van der Waals surface area (Å²) >= 11 is 3.79. The van der Waals surface area contributed by atoms with Crippen molar-refractivity contribution in [3.63, 3.8) is 0 Å². The molecular weight excluding hydrogens is 355 g/mol. The van der Waals surface area contributed by atoms with E-state index in [4.69, 9.17) is 0 Å². The summed E-state index contributed by atoms with van der Waals surface area (Å²) in [6.07, 6.45) is -3.17. The lowest BCUT2D eigenvalue weighted by atomic mass is 10.1. The van der Waals surface area contributed by atoms with E-state index in [1.54, 1.807) is 0 Å². The van der Waals surface area contributed by atoms with E-state index in [0.29, 0.717) is 0 Å². The van der Waals surface area contributed by atoms with Crippen LogP contribution in [0.25, 0.3) is 0 Å². The highest BCUT2D eigenvalue weighted by molar-refractivity contribution is 7.80. The number of benzene rings is 1. The number of nitrogens with one attached hydrogen (secondary N) is 2. The van der Waals surface area contributed by atoms with E-state index in [9.17, 15) is 22.8 Å². The molecule has 0 saturated heterocycles. The topological polar surface area (TPSA) is 71.1 Å². The number of thiol groups is 1. The van der Waals surface area contributed by atoms with Crippen LogP contribution in [0.3, 0.4) is 0 Å². The third kappa shape index (κ3) is 5.21. The van der Waals surface area contributed by atoms with Gasteiger partial charge in [0.05, 0.1) is 5.56 Å². The molecule has 0 spiro atoms. The molecule has 0 atom stereocenters. The van der Waals surface area contributed by atoms with Crippen molar-refractivity contribution in [3.8, 4) is 0 Å². The summed E-state index contributed by atoms with van der Waals surface area (Å²) < 4.78 is 38.6. The Labute approximate surface area is 147 Å². The molecule has 1 heterocycles. The van der Waals surface area contributed by atoms with Gasteiger partial charge in [-0.2, -0.15) is 13.2 Å². The maximum Gasteiger partial charge on any atom is 0.417 e. The van der Waals surface area contributed by atoms with E-state index in [-0.39, 0.29) is 34.3 Å². The summed E-state index contributed by atoms with van der Waals surface area (Å²) in [5.41, 5.74) is -0.352. The number of halogens is 3. The molecule has 2 rings (SSSR count). The van der Waals surface area contributed by atoms with Crippen LogP contribution >= 0.6 is 12.6 Å². The Morgan fingerprint density at radius 1 is 1.20 bits per heavy atom. The van der Waals surface area contributed by atoms with Gasteiger partial charge < -0.3 is 10.6 Å². The zero-order valence-electron chi connectivity index (χ0n) is 13.0. The Morgan fingerprint density at radius 2 is 1.92 bits per heavy atom. The van der Waals surface area contributed by atoms with Crippen LogP contribution in [0.4, 0.5) is 19.0 Å². The second kappa shape index (κ2) is 7.56. The lowest BCUT2D eigenvalue weighted by Crippen LogP contribution is -2.23. The largest absolute Gasteiger partial charge is 0.417 e. The second-order valence-electron chi connectivity index (χ2n) is 5.14. The van der Waals surface area contributed by atoms with Crippen LogP contribution in [0.5, 0.6) is 0 Å². The minimum atomic E-state index is -4.52. The van der Waals surface area contributed by atoms with Crippen LogP contribution < -0.4 is 10.6 Å². The fourth-order valence-electron chi connectivity index (χ4n) is 2.03. The van der Waals surface area contributed by atoms with Crippen molar-refractivity contribution in [1.82, 2.24) is 10.3 Å². The fourth-order valence-corrected chi connectivity index (χ4v) is 2.29. The molecule has 9 heteroatoms. The molecule has 0 unspecified atom stereocenters. The van der Waals surface area contributed by atoms with Gasteiger partial charge in [0.2, 0.25) is 5.91 Å². The van der Waals surface area contributed by atoms with Crippen molar-refractivity contribution < 1.29 is 22.8 Å². The molecule has 0 aliphatic rings. The summed E-state index contributed by atoms with van der Waals surface area (Å²) in [4.78, 5) is 26.8. The number of pyridine rings is 1. The summed E-state index contributed by atoms with van der Waals surface area (Å²) in [7, 11) is 0. The summed E-state index contributed by atoms with van der Waals surface area (Å²) in [6, 6.07) is 6.42. The first kappa shape index (κ1) is 18.8. The van der Waals surface area contributed by atoms with Crippen molar-refractivity contribution >= 4 is 30.3 Å². The molecule has 1 aromatic heterocycles. The minimum Gasteiger partial charge on any atom is -0.348 e. The maximum atomic E-state index is 12.9. The first-order valence-electron chi connectivity index (χ1n) is 7.08. The molecule has 0 fully saturated rings. The first-order valence-corrected chi connectivity index (χ1v) is 7.52. The predicted octanol–water partition coefficient (Wildman–Crippen LogP) is 3.28. The number of anilines is 1. The van der Waals surface area contributed by atoms with Crippen molar-refractivity contribution in [2.45, 2.75) is 24.5 Å². The van der Waals surface area contributed by atoms with E-state index in [2.05, 4.69) is 28.2 Å². The lowest BCUT2D eigenvalue weighted by molar-refractivity contribution is -0.139. The summed E-state index contributed by atoms with van der Waals surface area (Å²) in [6.45, 7) is 1.21. The number of hydrogen-bond donors (Lipinski definition) is 3. The van der Waals surface area contributed by atoms with Crippen molar-refractivity contribution in [2.24, 2.45) is 0 Å². The minimum absolute atomic E-state index is 0.0895. The van der Waals surface area contributed by atoms with Gasteiger partial charge in [0.25, 0.3) is 5.91 Å². The lowest BCUT2D eigenvalue weighted by Gasteiger charge is -2.12. The van der Waals surface area contributed by atoms with Crippen LogP contribution in [0.15, 0.2) is 41.4 Å². The SMILES string of the molecule is CC(=O)Nc1cc(C(=O)NCc2ccc(S)c(C(F)(F)F)c2)ccn1. The highest BCUT2D eigenvalue weighted by Crippen LogP contribution is 2.34.